The van der Waals surface area contributed by atoms with E-state index < -0.39 is 53.3 Å². The van der Waals surface area contributed by atoms with Crippen LogP contribution in [0.3, 0.4) is 0 Å². The number of cyclic esters (lactones) is 1. The van der Waals surface area contributed by atoms with E-state index in [0.717, 1.165) is 44.7 Å². The predicted octanol–water partition coefficient (Wildman–Crippen LogP) is 6.03. The summed E-state index contributed by atoms with van der Waals surface area (Å²) >= 11 is 1.40. The molecule has 0 radical (unpaired) electrons. The van der Waals surface area contributed by atoms with Gasteiger partial charge in [0.25, 0.3) is 5.91 Å². The maximum atomic E-state index is 14.6. The lowest BCUT2D eigenvalue weighted by atomic mass is 9.84. The molecule has 2 fully saturated rings. The Labute approximate surface area is 381 Å². The van der Waals surface area contributed by atoms with E-state index in [9.17, 15) is 24.0 Å². The average Bonchev–Trinajstić information content (AvgIpc) is 3.99. The van der Waals surface area contributed by atoms with E-state index in [0.29, 0.717) is 37.4 Å². The fourth-order valence-electron chi connectivity index (χ4n) is 9.52. The zero-order valence-electron chi connectivity index (χ0n) is 38.6. The molecule has 17 heteroatoms. The minimum atomic E-state index is -1.09. The summed E-state index contributed by atoms with van der Waals surface area (Å²) in [4.78, 5) is 82.0. The van der Waals surface area contributed by atoms with Crippen LogP contribution >= 0.6 is 11.3 Å². The molecule has 6 atom stereocenters. The largest absolute Gasteiger partial charge is 0.464 e. The first kappa shape index (κ1) is 46.6. The first-order valence-electron chi connectivity index (χ1n) is 22.1. The number of thiazole rings is 1. The van der Waals surface area contributed by atoms with E-state index >= 15 is 0 Å². The molecule has 6 bridgehead atoms. The second kappa shape index (κ2) is 19.0. The van der Waals surface area contributed by atoms with Crippen molar-refractivity contribution in [2.75, 3.05) is 47.5 Å². The highest BCUT2D eigenvalue weighted by atomic mass is 32.1. The number of amides is 4. The molecule has 16 nitrogen and oxygen atoms in total. The maximum absolute atomic E-state index is 14.6. The number of hydrogen-bond donors (Lipinski definition) is 2. The van der Waals surface area contributed by atoms with Crippen LogP contribution in [0, 0.1) is 23.2 Å². The molecule has 4 amide bonds. The highest BCUT2D eigenvalue weighted by molar-refractivity contribution is 7.10. The summed E-state index contributed by atoms with van der Waals surface area (Å²) in [6, 6.07) is 7.47. The molecule has 3 aliphatic rings. The summed E-state index contributed by atoms with van der Waals surface area (Å²) in [6.45, 7) is 12.7. The van der Waals surface area contributed by atoms with Crippen molar-refractivity contribution in [1.82, 2.24) is 40.1 Å². The molecular formula is C47H66N8O8S. The number of likely N-dealkylation sites (N-methyl/N-ethyl adjacent to an activating group) is 1. The van der Waals surface area contributed by atoms with Crippen molar-refractivity contribution in [2.45, 2.75) is 91.5 Å². The standard InChI is InChI=1S/C47H62N8O8S.2H2/c1-26(2)40(53(8)43(57)33-23-54(22-27(33)3)46(60)62-10)42(56)50-35-20-38-49-36(24-64-38)29-15-16-37-31(19-29)32(41(52(37)7)30-13-11-17-48-39(30)28(4)61-9)21-47(5,6)25-63-45(59)34-14-12-18-55(51-34)44(35)58;;/h11,13,15-17,19,24,26-28,33-35,40,51H,12,14,18,20-23,25H2,1-10H3,(H,50,56);2*1H/t27-,28-,33+,34-,35-,40-;;/m0../s1. The molecule has 4 aromatic rings. The Kier molecular flexibility index (Phi) is 13.8. The molecule has 0 aliphatic carbocycles. The van der Waals surface area contributed by atoms with Crippen molar-refractivity contribution in [3.05, 3.63) is 58.2 Å². The quantitative estimate of drug-likeness (QED) is 0.198. The zero-order chi connectivity index (χ0) is 46.2. The first-order valence-corrected chi connectivity index (χ1v) is 23.0. The lowest BCUT2D eigenvalue weighted by molar-refractivity contribution is -0.155. The van der Waals surface area contributed by atoms with Gasteiger partial charge in [-0.3, -0.25) is 29.2 Å². The highest BCUT2D eigenvalue weighted by Gasteiger charge is 2.43. The number of aromatic nitrogens is 3. The number of rotatable bonds is 8. The van der Waals surface area contributed by atoms with Crippen LogP contribution in [0.1, 0.15) is 79.6 Å². The van der Waals surface area contributed by atoms with Gasteiger partial charge in [-0.25, -0.2) is 15.2 Å². The number of hydrogen-bond acceptors (Lipinski definition) is 12. The van der Waals surface area contributed by atoms with Gasteiger partial charge < -0.3 is 33.9 Å². The third-order valence-corrected chi connectivity index (χ3v) is 13.9. The Bertz CT molecular complexity index is 2420. The third kappa shape index (κ3) is 9.38. The summed E-state index contributed by atoms with van der Waals surface area (Å²) in [5, 5.41) is 8.04. The molecule has 7 rings (SSSR count). The summed E-state index contributed by atoms with van der Waals surface area (Å²) in [5.74, 6) is -2.68. The van der Waals surface area contributed by atoms with Gasteiger partial charge in [0.2, 0.25) is 11.8 Å². The van der Waals surface area contributed by atoms with E-state index in [-0.39, 0.29) is 46.3 Å². The fourth-order valence-corrected chi connectivity index (χ4v) is 10.4. The fraction of sp³-hybridized carbons (Fsp3) is 0.553. The van der Waals surface area contributed by atoms with Gasteiger partial charge in [0.1, 0.15) is 18.1 Å². The van der Waals surface area contributed by atoms with Crippen LogP contribution in [0.15, 0.2) is 41.9 Å². The third-order valence-electron chi connectivity index (χ3n) is 13.0. The summed E-state index contributed by atoms with van der Waals surface area (Å²) in [7, 11) is 6.63. The van der Waals surface area contributed by atoms with Crippen LogP contribution in [0.25, 0.3) is 33.4 Å². The Morgan fingerprint density at radius 3 is 2.61 bits per heavy atom. The van der Waals surface area contributed by atoms with Gasteiger partial charge in [-0.05, 0) is 67.9 Å². The van der Waals surface area contributed by atoms with E-state index in [1.165, 1.54) is 33.3 Å². The molecule has 3 aliphatic heterocycles. The van der Waals surface area contributed by atoms with Gasteiger partial charge in [-0.15, -0.1) is 11.3 Å². The second-order valence-corrected chi connectivity index (χ2v) is 19.6. The minimum Gasteiger partial charge on any atom is -0.464 e. The second-order valence-electron chi connectivity index (χ2n) is 18.7. The van der Waals surface area contributed by atoms with Crippen molar-refractivity contribution in [2.24, 2.45) is 30.2 Å². The number of pyridine rings is 1. The van der Waals surface area contributed by atoms with Crippen LogP contribution in [0.4, 0.5) is 4.79 Å². The number of nitrogens with zero attached hydrogens (tertiary/aromatic N) is 6. The maximum Gasteiger partial charge on any atom is 0.409 e. The molecule has 64 heavy (non-hydrogen) atoms. The van der Waals surface area contributed by atoms with Crippen LogP contribution in [0.5, 0.6) is 0 Å². The zero-order valence-corrected chi connectivity index (χ0v) is 39.4. The van der Waals surface area contributed by atoms with Gasteiger partial charge >= 0.3 is 12.1 Å². The smallest absolute Gasteiger partial charge is 0.409 e. The summed E-state index contributed by atoms with van der Waals surface area (Å²) < 4.78 is 18.9. The molecule has 0 spiro atoms. The molecule has 0 unspecified atom stereocenters. The van der Waals surface area contributed by atoms with E-state index in [1.54, 1.807) is 20.4 Å². The van der Waals surface area contributed by atoms with E-state index in [1.807, 2.05) is 45.2 Å². The van der Waals surface area contributed by atoms with Crippen molar-refractivity contribution >= 4 is 52.0 Å². The molecule has 2 N–H and O–H groups in total. The van der Waals surface area contributed by atoms with Crippen molar-refractivity contribution in [3.63, 3.8) is 0 Å². The van der Waals surface area contributed by atoms with Crippen molar-refractivity contribution in [1.29, 1.82) is 0 Å². The normalized spacial score (nSPS) is 22.5. The van der Waals surface area contributed by atoms with Gasteiger partial charge in [0.05, 0.1) is 47.8 Å². The molecule has 3 aromatic heterocycles. The number of likely N-dealkylation sites (tertiary alicyclic amines) is 1. The first-order chi connectivity index (χ1) is 30.4. The van der Waals surface area contributed by atoms with Gasteiger partial charge in [0.15, 0.2) is 0 Å². The number of ether oxygens (including phenoxy) is 3. The SMILES string of the molecule is COC(=O)N1C[C@H](C)[C@H](C(=O)N(C)[C@H](C(=O)N[C@H]2Cc3nc(cs3)-c3ccc4c(c3)c(c(-c3cccnc3[C@H](C)OC)n4C)CC(C)(C)COC(=O)[C@@H]3CCCN(N3)C2=O)C(C)C)C1.[HH].[HH]. The van der Waals surface area contributed by atoms with Crippen LogP contribution < -0.4 is 10.7 Å². The predicted molar refractivity (Wildman–Crippen MR) is 247 cm³/mol. The Morgan fingerprint density at radius 1 is 1.12 bits per heavy atom. The van der Waals surface area contributed by atoms with Crippen LogP contribution in [-0.4, -0.2) is 125 Å². The number of aryl methyl sites for hydroxylation is 1. The molecule has 0 saturated carbocycles. The molecule has 2 saturated heterocycles. The molecular weight excluding hydrogens is 837 g/mol. The average molecular weight is 903 g/mol. The number of carbonyl (C=O) groups is 5. The van der Waals surface area contributed by atoms with Crippen molar-refractivity contribution in [3.8, 4) is 22.5 Å². The number of fused-ring (bicyclic) bond motifs is 6. The monoisotopic (exact) mass is 902 g/mol. The number of nitrogens with one attached hydrogen (secondary N) is 2. The van der Waals surface area contributed by atoms with Crippen LogP contribution in [-0.2, 0) is 53.3 Å². The lowest BCUT2D eigenvalue weighted by Gasteiger charge is -2.37. The van der Waals surface area contributed by atoms with Crippen LogP contribution in [0.2, 0.25) is 0 Å². The number of methoxy groups -OCH3 is 2. The molecule has 348 valence electrons. The highest BCUT2D eigenvalue weighted by Crippen LogP contribution is 2.41. The molecule has 6 heterocycles. The van der Waals surface area contributed by atoms with Gasteiger partial charge in [-0.2, -0.15) is 0 Å². The minimum absolute atomic E-state index is 0. The molecule has 1 aromatic carbocycles. The Hall–Kier alpha value is -5.39. The Balaban J connectivity index is 0.00000408. The number of benzene rings is 1. The number of hydrazine groups is 1. The van der Waals surface area contributed by atoms with Gasteiger partial charge in [0, 0.05) is 89.1 Å². The van der Waals surface area contributed by atoms with Gasteiger partial charge in [-0.1, -0.05) is 40.7 Å². The lowest BCUT2D eigenvalue weighted by Crippen LogP contribution is -2.62. The number of esters is 1. The van der Waals surface area contributed by atoms with E-state index in [2.05, 4.69) is 54.4 Å². The van der Waals surface area contributed by atoms with E-state index in [4.69, 9.17) is 24.2 Å². The Morgan fingerprint density at radius 2 is 1.89 bits per heavy atom. The van der Waals surface area contributed by atoms with Crippen molar-refractivity contribution < 1.29 is 41.0 Å². The number of carbonyl (C=O) groups excluding carboxylic acids is 5. The topological polar surface area (TPSA) is 178 Å². The summed E-state index contributed by atoms with van der Waals surface area (Å²) in [6.07, 6.45) is 2.64. The summed E-state index contributed by atoms with van der Waals surface area (Å²) in [5.41, 5.74) is 9.10.